The van der Waals surface area contributed by atoms with Gasteiger partial charge in [-0.1, -0.05) is 48.5 Å². The first-order valence-electron chi connectivity index (χ1n) is 8.79. The van der Waals surface area contributed by atoms with Crippen LogP contribution in [0.4, 0.5) is 0 Å². The molecule has 0 unspecified atom stereocenters. The van der Waals surface area contributed by atoms with Crippen LogP contribution in [0.2, 0.25) is 0 Å². The maximum Gasteiger partial charge on any atom is 0.0949 e. The minimum Gasteiger partial charge on any atom is -0.331 e. The number of aryl methyl sites for hydroxylation is 2. The third kappa shape index (κ3) is 3.04. The molecule has 4 aromatic rings. The molecular weight excluding hydrogens is 318 g/mol. The van der Waals surface area contributed by atoms with E-state index in [9.17, 15) is 0 Å². The SMILES string of the molecule is Cc1cccc(C)c1-c1ccccc1-c1cccnc1Cn1ccnc1. The zero-order valence-corrected chi connectivity index (χ0v) is 15.1. The van der Waals surface area contributed by atoms with Gasteiger partial charge in [-0.25, -0.2) is 4.98 Å². The number of imidazole rings is 1. The Labute approximate surface area is 154 Å². The summed E-state index contributed by atoms with van der Waals surface area (Å²) < 4.78 is 2.05. The van der Waals surface area contributed by atoms with Crippen molar-refractivity contribution in [1.82, 2.24) is 14.5 Å². The highest BCUT2D eigenvalue weighted by Crippen LogP contribution is 2.36. The molecular formula is C23H21N3. The molecule has 2 heterocycles. The molecule has 2 aromatic heterocycles. The van der Waals surface area contributed by atoms with E-state index in [-0.39, 0.29) is 0 Å². The number of hydrogen-bond donors (Lipinski definition) is 0. The van der Waals surface area contributed by atoms with Gasteiger partial charge in [-0.05, 0) is 47.7 Å². The summed E-state index contributed by atoms with van der Waals surface area (Å²) in [4.78, 5) is 8.81. The predicted molar refractivity (Wildman–Crippen MR) is 106 cm³/mol. The van der Waals surface area contributed by atoms with Crippen LogP contribution in [0.5, 0.6) is 0 Å². The second kappa shape index (κ2) is 6.96. The monoisotopic (exact) mass is 339 g/mol. The molecule has 0 aliphatic rings. The van der Waals surface area contributed by atoms with Crippen molar-refractivity contribution in [1.29, 1.82) is 0 Å². The first-order chi connectivity index (χ1) is 12.7. The molecule has 0 atom stereocenters. The van der Waals surface area contributed by atoms with Crippen molar-refractivity contribution < 1.29 is 0 Å². The van der Waals surface area contributed by atoms with Crippen molar-refractivity contribution in [2.75, 3.05) is 0 Å². The number of pyridine rings is 1. The Kier molecular flexibility index (Phi) is 4.36. The van der Waals surface area contributed by atoms with E-state index in [4.69, 9.17) is 0 Å². The van der Waals surface area contributed by atoms with Crippen molar-refractivity contribution in [3.05, 3.63) is 96.3 Å². The zero-order chi connectivity index (χ0) is 17.9. The minimum absolute atomic E-state index is 0.706. The summed E-state index contributed by atoms with van der Waals surface area (Å²) in [6.07, 6.45) is 7.45. The highest BCUT2D eigenvalue weighted by atomic mass is 15.0. The van der Waals surface area contributed by atoms with Gasteiger partial charge < -0.3 is 4.57 Å². The molecule has 0 aliphatic carbocycles. The molecule has 3 nitrogen and oxygen atoms in total. The Morgan fingerprint density at radius 3 is 2.23 bits per heavy atom. The average molecular weight is 339 g/mol. The number of hydrogen-bond acceptors (Lipinski definition) is 2. The Balaban J connectivity index is 1.88. The molecule has 0 saturated heterocycles. The summed E-state index contributed by atoms with van der Waals surface area (Å²) in [5, 5.41) is 0. The fourth-order valence-electron chi connectivity index (χ4n) is 3.54. The molecule has 0 N–H and O–H groups in total. The zero-order valence-electron chi connectivity index (χ0n) is 15.1. The van der Waals surface area contributed by atoms with Gasteiger partial charge >= 0.3 is 0 Å². The molecule has 0 saturated carbocycles. The Hall–Kier alpha value is -3.20. The van der Waals surface area contributed by atoms with Crippen LogP contribution in [0.15, 0.2) is 79.5 Å². The van der Waals surface area contributed by atoms with Crippen LogP contribution in [-0.4, -0.2) is 14.5 Å². The minimum atomic E-state index is 0.706. The highest BCUT2D eigenvalue weighted by molar-refractivity contribution is 5.86. The van der Waals surface area contributed by atoms with Crippen LogP contribution in [-0.2, 0) is 6.54 Å². The molecule has 0 bridgehead atoms. The van der Waals surface area contributed by atoms with Gasteiger partial charge in [0.2, 0.25) is 0 Å². The summed E-state index contributed by atoms with van der Waals surface area (Å²) in [6, 6.07) is 19.2. The maximum absolute atomic E-state index is 4.66. The van der Waals surface area contributed by atoms with Gasteiger partial charge in [-0.15, -0.1) is 0 Å². The standard InChI is InChI=1S/C23H21N3/c1-17-7-5-8-18(2)23(17)21-10-4-3-9-19(21)20-11-6-12-25-22(20)15-26-14-13-24-16-26/h3-14,16H,15H2,1-2H3. The third-order valence-corrected chi connectivity index (χ3v) is 4.75. The van der Waals surface area contributed by atoms with Crippen LogP contribution < -0.4 is 0 Å². The van der Waals surface area contributed by atoms with E-state index in [1.165, 1.54) is 33.4 Å². The fourth-order valence-corrected chi connectivity index (χ4v) is 3.54. The van der Waals surface area contributed by atoms with Crippen LogP contribution in [0, 0.1) is 13.8 Å². The van der Waals surface area contributed by atoms with E-state index in [2.05, 4.69) is 72.3 Å². The molecule has 0 spiro atoms. The quantitative estimate of drug-likeness (QED) is 0.506. The first kappa shape index (κ1) is 16.3. The summed E-state index contributed by atoms with van der Waals surface area (Å²) in [6.45, 7) is 5.06. The summed E-state index contributed by atoms with van der Waals surface area (Å²) in [7, 11) is 0. The van der Waals surface area contributed by atoms with E-state index < -0.39 is 0 Å². The van der Waals surface area contributed by atoms with Gasteiger partial charge in [0.05, 0.1) is 18.6 Å². The lowest BCUT2D eigenvalue weighted by atomic mass is 9.89. The first-order valence-corrected chi connectivity index (χ1v) is 8.79. The Morgan fingerprint density at radius 1 is 0.769 bits per heavy atom. The lowest BCUT2D eigenvalue weighted by Gasteiger charge is -2.17. The average Bonchev–Trinajstić information content (AvgIpc) is 3.16. The molecule has 0 aliphatic heterocycles. The van der Waals surface area contributed by atoms with Crippen molar-refractivity contribution in [3.8, 4) is 22.3 Å². The van der Waals surface area contributed by atoms with Crippen molar-refractivity contribution in [2.24, 2.45) is 0 Å². The van der Waals surface area contributed by atoms with Crippen molar-refractivity contribution >= 4 is 0 Å². The van der Waals surface area contributed by atoms with Crippen molar-refractivity contribution in [3.63, 3.8) is 0 Å². The highest BCUT2D eigenvalue weighted by Gasteiger charge is 2.14. The van der Waals surface area contributed by atoms with Gasteiger partial charge in [0.1, 0.15) is 0 Å². The van der Waals surface area contributed by atoms with Gasteiger partial charge in [0, 0.05) is 24.2 Å². The van der Waals surface area contributed by atoms with E-state index in [1.807, 2.05) is 29.4 Å². The van der Waals surface area contributed by atoms with E-state index in [1.54, 1.807) is 6.20 Å². The van der Waals surface area contributed by atoms with Crippen LogP contribution in [0.3, 0.4) is 0 Å². The largest absolute Gasteiger partial charge is 0.331 e. The lowest BCUT2D eigenvalue weighted by Crippen LogP contribution is -2.02. The van der Waals surface area contributed by atoms with Crippen LogP contribution in [0.25, 0.3) is 22.3 Å². The topological polar surface area (TPSA) is 30.7 Å². The molecule has 2 aromatic carbocycles. The lowest BCUT2D eigenvalue weighted by molar-refractivity contribution is 0.775. The molecule has 128 valence electrons. The molecule has 26 heavy (non-hydrogen) atoms. The van der Waals surface area contributed by atoms with E-state index in [0.29, 0.717) is 6.54 Å². The summed E-state index contributed by atoms with van der Waals surface area (Å²) >= 11 is 0. The Bertz CT molecular complexity index is 1010. The van der Waals surface area contributed by atoms with Crippen LogP contribution in [0.1, 0.15) is 16.8 Å². The van der Waals surface area contributed by atoms with E-state index >= 15 is 0 Å². The number of aromatic nitrogens is 3. The van der Waals surface area contributed by atoms with Crippen LogP contribution >= 0.6 is 0 Å². The third-order valence-electron chi connectivity index (χ3n) is 4.75. The van der Waals surface area contributed by atoms with Gasteiger partial charge in [-0.2, -0.15) is 0 Å². The number of rotatable bonds is 4. The number of benzene rings is 2. The molecule has 4 rings (SSSR count). The molecule has 3 heteroatoms. The summed E-state index contributed by atoms with van der Waals surface area (Å²) in [5.74, 6) is 0. The normalized spacial score (nSPS) is 10.8. The maximum atomic E-state index is 4.66. The van der Waals surface area contributed by atoms with Gasteiger partial charge in [0.15, 0.2) is 0 Å². The Morgan fingerprint density at radius 2 is 1.50 bits per heavy atom. The van der Waals surface area contributed by atoms with Gasteiger partial charge in [-0.3, -0.25) is 4.98 Å². The van der Waals surface area contributed by atoms with Gasteiger partial charge in [0.25, 0.3) is 0 Å². The second-order valence-electron chi connectivity index (χ2n) is 6.55. The molecule has 0 radical (unpaired) electrons. The summed E-state index contributed by atoms with van der Waals surface area (Å²) in [5.41, 5.74) is 8.57. The van der Waals surface area contributed by atoms with E-state index in [0.717, 1.165) is 5.69 Å². The smallest absolute Gasteiger partial charge is 0.0949 e. The molecule has 0 fully saturated rings. The molecule has 0 amide bonds. The van der Waals surface area contributed by atoms with Crippen molar-refractivity contribution in [2.45, 2.75) is 20.4 Å². The second-order valence-corrected chi connectivity index (χ2v) is 6.55. The number of nitrogens with zero attached hydrogens (tertiary/aromatic N) is 3. The fraction of sp³-hybridized carbons (Fsp3) is 0.130. The predicted octanol–water partition coefficient (Wildman–Crippen LogP) is 5.28.